The molecule has 5 rings (SSSR count). The minimum absolute atomic E-state index is 0.00401. The van der Waals surface area contributed by atoms with Gasteiger partial charge in [-0.05, 0) is 49.3 Å². The summed E-state index contributed by atoms with van der Waals surface area (Å²) in [7, 11) is 0. The van der Waals surface area contributed by atoms with Gasteiger partial charge in [-0.25, -0.2) is 15.0 Å². The monoisotopic (exact) mass is 544 g/mol. The number of amides is 1. The Morgan fingerprint density at radius 3 is 2.69 bits per heavy atom. The summed E-state index contributed by atoms with van der Waals surface area (Å²) < 4.78 is 52.8. The Balaban J connectivity index is 1.29. The Hall–Kier alpha value is -3.54. The molecule has 0 spiro atoms. The van der Waals surface area contributed by atoms with E-state index in [0.29, 0.717) is 36.6 Å². The second-order valence-electron chi connectivity index (χ2n) is 10.1. The Labute approximate surface area is 223 Å². The van der Waals surface area contributed by atoms with Crippen molar-refractivity contribution in [2.75, 3.05) is 25.1 Å². The van der Waals surface area contributed by atoms with E-state index < -0.39 is 17.6 Å². The van der Waals surface area contributed by atoms with Crippen molar-refractivity contribution in [3.63, 3.8) is 0 Å². The van der Waals surface area contributed by atoms with Crippen molar-refractivity contribution in [3.05, 3.63) is 47.8 Å². The number of carbonyl (C=O) groups is 1. The molecule has 1 saturated heterocycles. The van der Waals surface area contributed by atoms with Crippen LogP contribution >= 0.6 is 0 Å². The van der Waals surface area contributed by atoms with Gasteiger partial charge in [0.15, 0.2) is 0 Å². The van der Waals surface area contributed by atoms with Crippen LogP contribution in [0.1, 0.15) is 67.0 Å². The zero-order valence-electron chi connectivity index (χ0n) is 21.5. The first kappa shape index (κ1) is 27.0. The van der Waals surface area contributed by atoms with Gasteiger partial charge in [0.25, 0.3) is 5.91 Å². The molecule has 0 radical (unpaired) electrons. The molecule has 12 heteroatoms. The molecular formula is C27H31F3N6O3. The molecule has 1 aliphatic carbocycles. The van der Waals surface area contributed by atoms with E-state index in [2.05, 4.69) is 30.5 Å². The Morgan fingerprint density at radius 1 is 1.10 bits per heavy atom. The van der Waals surface area contributed by atoms with Gasteiger partial charge in [-0.1, -0.05) is 25.7 Å². The number of halogens is 3. The second kappa shape index (κ2) is 12.1. The van der Waals surface area contributed by atoms with Crippen molar-refractivity contribution in [1.29, 1.82) is 0 Å². The van der Waals surface area contributed by atoms with Crippen LogP contribution in [0.2, 0.25) is 0 Å². The lowest BCUT2D eigenvalue weighted by molar-refractivity contribution is -0.137. The fraction of sp³-hybridized carbons (Fsp3) is 0.519. The average Bonchev–Trinajstić information content (AvgIpc) is 3.62. The summed E-state index contributed by atoms with van der Waals surface area (Å²) in [6, 6.07) is 4.89. The van der Waals surface area contributed by atoms with Crippen LogP contribution in [0.4, 0.5) is 19.0 Å². The van der Waals surface area contributed by atoms with Crippen molar-refractivity contribution in [1.82, 2.24) is 25.1 Å². The van der Waals surface area contributed by atoms with Gasteiger partial charge < -0.3 is 14.8 Å². The molecule has 9 nitrogen and oxygen atoms in total. The molecule has 0 bridgehead atoms. The predicted octanol–water partition coefficient (Wildman–Crippen LogP) is 5.46. The molecule has 208 valence electrons. The van der Waals surface area contributed by atoms with Gasteiger partial charge in [0, 0.05) is 31.3 Å². The van der Waals surface area contributed by atoms with Gasteiger partial charge in [-0.15, -0.1) is 5.10 Å². The predicted molar refractivity (Wildman–Crippen MR) is 136 cm³/mol. The van der Waals surface area contributed by atoms with Gasteiger partial charge in [0.2, 0.25) is 5.82 Å². The minimum Gasteiger partial charge on any atom is -0.494 e. The van der Waals surface area contributed by atoms with Crippen LogP contribution in [0, 0.1) is 11.8 Å². The lowest BCUT2D eigenvalue weighted by Gasteiger charge is -2.22. The number of benzene rings is 1. The number of nitrogens with one attached hydrogen (secondary N) is 2. The molecule has 1 atom stereocenters. The zero-order chi connectivity index (χ0) is 27.2. The van der Waals surface area contributed by atoms with Crippen molar-refractivity contribution in [3.8, 4) is 17.0 Å². The van der Waals surface area contributed by atoms with Crippen LogP contribution in [0.3, 0.4) is 0 Å². The average molecular weight is 545 g/mol. The fourth-order valence-corrected chi connectivity index (χ4v) is 5.17. The number of alkyl halides is 3. The lowest BCUT2D eigenvalue weighted by atomic mass is 9.99. The maximum absolute atomic E-state index is 13.9. The van der Waals surface area contributed by atoms with E-state index in [9.17, 15) is 18.0 Å². The molecule has 2 N–H and O–H groups in total. The summed E-state index contributed by atoms with van der Waals surface area (Å²) in [4.78, 5) is 25.0. The molecule has 1 saturated carbocycles. The number of aromatic nitrogens is 5. The highest BCUT2D eigenvalue weighted by Crippen LogP contribution is 2.39. The van der Waals surface area contributed by atoms with Crippen LogP contribution in [-0.4, -0.2) is 50.9 Å². The Morgan fingerprint density at radius 2 is 1.92 bits per heavy atom. The maximum Gasteiger partial charge on any atom is 0.417 e. The molecule has 1 amide bonds. The molecule has 2 aliphatic rings. The molecule has 39 heavy (non-hydrogen) atoms. The molecular weight excluding hydrogens is 513 g/mol. The largest absolute Gasteiger partial charge is 0.494 e. The van der Waals surface area contributed by atoms with E-state index in [0.717, 1.165) is 57.5 Å². The molecule has 1 aliphatic heterocycles. The van der Waals surface area contributed by atoms with Gasteiger partial charge in [0.1, 0.15) is 23.7 Å². The summed E-state index contributed by atoms with van der Waals surface area (Å²) in [5, 5.41) is 9.35. The molecule has 1 unspecified atom stereocenters. The van der Waals surface area contributed by atoms with Gasteiger partial charge in [0.05, 0.1) is 17.9 Å². The van der Waals surface area contributed by atoms with Crippen molar-refractivity contribution >= 4 is 11.7 Å². The number of H-pyrrole nitrogens is 1. The van der Waals surface area contributed by atoms with Crippen LogP contribution in [-0.2, 0) is 17.3 Å². The summed E-state index contributed by atoms with van der Waals surface area (Å²) in [6.45, 7) is 1.80. The zero-order valence-corrected chi connectivity index (χ0v) is 21.5. The number of nitrogens with zero attached hydrogens (tertiary/aromatic N) is 4. The number of rotatable bonds is 9. The topological polar surface area (TPSA) is 115 Å². The van der Waals surface area contributed by atoms with Crippen LogP contribution in [0.25, 0.3) is 11.3 Å². The Kier molecular flexibility index (Phi) is 8.39. The minimum atomic E-state index is -4.61. The van der Waals surface area contributed by atoms with Gasteiger partial charge in [-0.3, -0.25) is 9.89 Å². The SMILES string of the molecule is O=C(Nc1cc(-c2cc(OCCC3CCCOC3)ccc2C(F)(F)F)ncn1)c1n[nH]c(CC2CCCC2)n1. The van der Waals surface area contributed by atoms with E-state index in [1.165, 1.54) is 31.0 Å². The van der Waals surface area contributed by atoms with Crippen molar-refractivity contribution in [2.24, 2.45) is 11.8 Å². The van der Waals surface area contributed by atoms with Gasteiger partial charge in [-0.2, -0.15) is 13.2 Å². The fourth-order valence-electron chi connectivity index (χ4n) is 5.17. The molecule has 3 heterocycles. The van der Waals surface area contributed by atoms with E-state index >= 15 is 0 Å². The number of carbonyl (C=O) groups excluding carboxylic acids is 1. The Bertz CT molecular complexity index is 1270. The number of hydrogen-bond acceptors (Lipinski definition) is 7. The third kappa shape index (κ3) is 7.11. The van der Waals surface area contributed by atoms with E-state index in [-0.39, 0.29) is 22.9 Å². The number of hydrogen-bond donors (Lipinski definition) is 2. The van der Waals surface area contributed by atoms with Gasteiger partial charge >= 0.3 is 6.18 Å². The first-order valence-corrected chi connectivity index (χ1v) is 13.3. The van der Waals surface area contributed by atoms with Crippen molar-refractivity contribution in [2.45, 2.75) is 57.5 Å². The summed E-state index contributed by atoms with van der Waals surface area (Å²) >= 11 is 0. The third-order valence-corrected chi connectivity index (χ3v) is 7.22. The third-order valence-electron chi connectivity index (χ3n) is 7.22. The summed E-state index contributed by atoms with van der Waals surface area (Å²) in [6.07, 6.45) is 4.68. The molecule has 2 aromatic heterocycles. The quantitative estimate of drug-likeness (QED) is 0.368. The summed E-state index contributed by atoms with van der Waals surface area (Å²) in [5.74, 6) is 1.20. The van der Waals surface area contributed by atoms with E-state index in [1.807, 2.05) is 0 Å². The van der Waals surface area contributed by atoms with E-state index in [4.69, 9.17) is 9.47 Å². The highest BCUT2D eigenvalue weighted by atomic mass is 19.4. The number of ether oxygens (including phenoxy) is 2. The number of anilines is 1. The van der Waals surface area contributed by atoms with Crippen molar-refractivity contribution < 1.29 is 27.4 Å². The molecule has 2 fully saturated rings. The van der Waals surface area contributed by atoms with Crippen LogP contribution in [0.15, 0.2) is 30.6 Å². The normalized spacial score (nSPS) is 18.3. The lowest BCUT2D eigenvalue weighted by Crippen LogP contribution is -2.19. The first-order chi connectivity index (χ1) is 18.8. The second-order valence-corrected chi connectivity index (χ2v) is 10.1. The van der Waals surface area contributed by atoms with Crippen LogP contribution in [0.5, 0.6) is 5.75 Å². The standard InChI is InChI=1S/C27H31F3N6O3/c28-27(29,30)21-8-7-19(39-11-9-18-6-3-10-38-15-18)13-20(21)22-14-23(32-16-31-22)34-26(37)25-33-24(35-36-25)12-17-4-1-2-5-17/h7-8,13-14,16-18H,1-6,9-12,15H2,(H,33,35,36)(H,31,32,34,37). The maximum atomic E-state index is 13.9. The highest BCUT2D eigenvalue weighted by molar-refractivity contribution is 6.01. The van der Waals surface area contributed by atoms with Crippen LogP contribution < -0.4 is 10.1 Å². The summed E-state index contributed by atoms with van der Waals surface area (Å²) in [5.41, 5.74) is -1.04. The highest BCUT2D eigenvalue weighted by Gasteiger charge is 2.34. The molecule has 1 aromatic carbocycles. The molecule has 3 aromatic rings. The van der Waals surface area contributed by atoms with E-state index in [1.54, 1.807) is 0 Å². The number of aromatic amines is 1. The smallest absolute Gasteiger partial charge is 0.417 e. The first-order valence-electron chi connectivity index (χ1n) is 13.3.